The summed E-state index contributed by atoms with van der Waals surface area (Å²) in [6.07, 6.45) is 57.9. The van der Waals surface area contributed by atoms with E-state index in [0.29, 0.717) is 25.7 Å². The molecule has 6 heteroatoms. The average molecular weight is 825 g/mol. The van der Waals surface area contributed by atoms with Crippen molar-refractivity contribution in [2.75, 3.05) is 13.2 Å². The van der Waals surface area contributed by atoms with Crippen LogP contribution in [0.4, 0.5) is 0 Å². The highest BCUT2D eigenvalue weighted by Crippen LogP contribution is 2.14. The molecule has 0 heterocycles. The van der Waals surface area contributed by atoms with Gasteiger partial charge in [-0.2, -0.15) is 0 Å². The summed E-state index contributed by atoms with van der Waals surface area (Å²) in [4.78, 5) is 37.8. The number of esters is 3. The Morgan fingerprint density at radius 2 is 0.678 bits per heavy atom. The smallest absolute Gasteiger partial charge is 0.306 e. The lowest BCUT2D eigenvalue weighted by atomic mass is 10.1. The Hall–Kier alpha value is -2.89. The Kier molecular flexibility index (Phi) is 45.4. The zero-order valence-electron chi connectivity index (χ0n) is 38.8. The molecule has 6 nitrogen and oxygen atoms in total. The van der Waals surface area contributed by atoms with Gasteiger partial charge in [0.25, 0.3) is 0 Å². The monoisotopic (exact) mass is 825 g/mol. The van der Waals surface area contributed by atoms with E-state index in [2.05, 4.69) is 81.5 Å². The van der Waals surface area contributed by atoms with E-state index in [9.17, 15) is 14.4 Å². The normalized spacial score (nSPS) is 12.5. The quantitative estimate of drug-likeness (QED) is 0.0263. The van der Waals surface area contributed by atoms with Gasteiger partial charge in [-0.3, -0.25) is 14.4 Å². The van der Waals surface area contributed by atoms with Crippen LogP contribution in [-0.4, -0.2) is 37.2 Å². The zero-order chi connectivity index (χ0) is 43.0. The first-order chi connectivity index (χ1) is 29.0. The first-order valence-electron chi connectivity index (χ1n) is 24.8. The number of rotatable bonds is 44. The predicted molar refractivity (Wildman–Crippen MR) is 251 cm³/mol. The third kappa shape index (κ3) is 46.0. The number of carbonyl (C=O) groups is 3. The standard InChI is InChI=1S/C53H92O6/c1-4-7-10-13-16-19-21-23-24-25-26-27-28-30-31-34-37-40-43-46-52(55)58-49-50(48-57-51(54)45-42-39-36-33-18-15-12-9-6-3)59-53(56)47-44-41-38-35-32-29-22-20-17-14-11-8-5-2/h7,10,16,19,23-24,29,32-33,36,50H,4-6,8-9,11-15,17-18,20-22,25-28,30-31,34-35,37-49H2,1-3H3/b10-7-,19-16-,24-23-,32-29-,36-33-. The molecule has 0 radical (unpaired) electrons. The molecular weight excluding hydrogens is 733 g/mol. The molecule has 0 amide bonds. The molecule has 0 aliphatic carbocycles. The summed E-state index contributed by atoms with van der Waals surface area (Å²) in [7, 11) is 0. The molecule has 340 valence electrons. The zero-order valence-corrected chi connectivity index (χ0v) is 38.8. The van der Waals surface area contributed by atoms with Gasteiger partial charge in [0, 0.05) is 19.3 Å². The van der Waals surface area contributed by atoms with Crippen molar-refractivity contribution >= 4 is 17.9 Å². The number of carbonyl (C=O) groups excluding carboxylic acids is 3. The van der Waals surface area contributed by atoms with Gasteiger partial charge in [-0.25, -0.2) is 0 Å². The molecule has 59 heavy (non-hydrogen) atoms. The minimum Gasteiger partial charge on any atom is -0.462 e. The van der Waals surface area contributed by atoms with Gasteiger partial charge in [-0.1, -0.05) is 184 Å². The van der Waals surface area contributed by atoms with Gasteiger partial charge in [-0.15, -0.1) is 0 Å². The molecule has 0 saturated heterocycles. The van der Waals surface area contributed by atoms with Crippen molar-refractivity contribution < 1.29 is 28.6 Å². The van der Waals surface area contributed by atoms with Gasteiger partial charge < -0.3 is 14.2 Å². The highest BCUT2D eigenvalue weighted by atomic mass is 16.6. The van der Waals surface area contributed by atoms with Crippen molar-refractivity contribution in [3.63, 3.8) is 0 Å². The van der Waals surface area contributed by atoms with Gasteiger partial charge in [0.1, 0.15) is 13.2 Å². The Labute approximate surface area is 364 Å². The molecule has 0 rings (SSSR count). The molecule has 0 spiro atoms. The third-order valence-electron chi connectivity index (χ3n) is 10.5. The lowest BCUT2D eigenvalue weighted by Gasteiger charge is -2.18. The molecule has 0 aromatic rings. The van der Waals surface area contributed by atoms with Crippen molar-refractivity contribution in [2.24, 2.45) is 0 Å². The number of unbranched alkanes of at least 4 members (excludes halogenated alkanes) is 23. The molecule has 0 N–H and O–H groups in total. The first kappa shape index (κ1) is 56.1. The van der Waals surface area contributed by atoms with Crippen LogP contribution < -0.4 is 0 Å². The summed E-state index contributed by atoms with van der Waals surface area (Å²) in [5.74, 6) is -0.949. The van der Waals surface area contributed by atoms with Crippen LogP contribution in [-0.2, 0) is 28.6 Å². The van der Waals surface area contributed by atoms with E-state index in [1.54, 1.807) is 0 Å². The van der Waals surface area contributed by atoms with Gasteiger partial charge >= 0.3 is 17.9 Å². The van der Waals surface area contributed by atoms with Crippen molar-refractivity contribution in [1.29, 1.82) is 0 Å². The van der Waals surface area contributed by atoms with E-state index in [1.165, 1.54) is 109 Å². The lowest BCUT2D eigenvalue weighted by molar-refractivity contribution is -0.167. The van der Waals surface area contributed by atoms with Crippen LogP contribution in [0.5, 0.6) is 0 Å². The lowest BCUT2D eigenvalue weighted by Crippen LogP contribution is -2.30. The highest BCUT2D eigenvalue weighted by Gasteiger charge is 2.19. The molecular formula is C53H92O6. The molecule has 0 aliphatic rings. The van der Waals surface area contributed by atoms with Gasteiger partial charge in [0.2, 0.25) is 0 Å². The van der Waals surface area contributed by atoms with E-state index in [-0.39, 0.29) is 31.1 Å². The van der Waals surface area contributed by atoms with Gasteiger partial charge in [0.05, 0.1) is 0 Å². The predicted octanol–water partition coefficient (Wildman–Crippen LogP) is 16.1. The van der Waals surface area contributed by atoms with Crippen LogP contribution in [0.2, 0.25) is 0 Å². The summed E-state index contributed by atoms with van der Waals surface area (Å²) in [6.45, 7) is 6.44. The van der Waals surface area contributed by atoms with Gasteiger partial charge in [0.15, 0.2) is 6.10 Å². The number of hydrogen-bond acceptors (Lipinski definition) is 6. The maximum absolute atomic E-state index is 12.7. The number of ether oxygens (including phenoxy) is 3. The Bertz CT molecular complexity index is 1090. The molecule has 0 bridgehead atoms. The van der Waals surface area contributed by atoms with E-state index >= 15 is 0 Å². The molecule has 1 atom stereocenters. The van der Waals surface area contributed by atoms with Gasteiger partial charge in [-0.05, 0) is 96.3 Å². The highest BCUT2D eigenvalue weighted by molar-refractivity contribution is 5.71. The molecule has 0 saturated carbocycles. The van der Waals surface area contributed by atoms with E-state index < -0.39 is 6.10 Å². The van der Waals surface area contributed by atoms with Crippen molar-refractivity contribution in [1.82, 2.24) is 0 Å². The second kappa shape index (κ2) is 47.8. The second-order valence-corrected chi connectivity index (χ2v) is 16.3. The second-order valence-electron chi connectivity index (χ2n) is 16.3. The minimum absolute atomic E-state index is 0.0915. The summed E-state index contributed by atoms with van der Waals surface area (Å²) in [5, 5.41) is 0. The number of allylic oxidation sites excluding steroid dienone is 10. The fraction of sp³-hybridized carbons (Fsp3) is 0.755. The summed E-state index contributed by atoms with van der Waals surface area (Å²) < 4.78 is 16.7. The first-order valence-corrected chi connectivity index (χ1v) is 24.8. The van der Waals surface area contributed by atoms with Crippen LogP contribution in [0.15, 0.2) is 60.8 Å². The molecule has 0 aromatic carbocycles. The fourth-order valence-electron chi connectivity index (χ4n) is 6.75. The van der Waals surface area contributed by atoms with E-state index in [0.717, 1.165) is 83.5 Å². The Morgan fingerprint density at radius 3 is 1.15 bits per heavy atom. The minimum atomic E-state index is -0.792. The summed E-state index contributed by atoms with van der Waals surface area (Å²) >= 11 is 0. The largest absolute Gasteiger partial charge is 0.462 e. The maximum atomic E-state index is 12.7. The average Bonchev–Trinajstić information content (AvgIpc) is 3.23. The van der Waals surface area contributed by atoms with Crippen LogP contribution in [0.25, 0.3) is 0 Å². The van der Waals surface area contributed by atoms with Crippen LogP contribution in [0.1, 0.15) is 239 Å². The van der Waals surface area contributed by atoms with E-state index in [4.69, 9.17) is 14.2 Å². The third-order valence-corrected chi connectivity index (χ3v) is 10.5. The Balaban J connectivity index is 4.34. The summed E-state index contributed by atoms with van der Waals surface area (Å²) in [5.41, 5.74) is 0. The molecule has 0 aliphatic heterocycles. The summed E-state index contributed by atoms with van der Waals surface area (Å²) in [6, 6.07) is 0. The van der Waals surface area contributed by atoms with Crippen LogP contribution in [0.3, 0.4) is 0 Å². The van der Waals surface area contributed by atoms with Crippen molar-refractivity contribution in [3.05, 3.63) is 60.8 Å². The SMILES string of the molecule is CC/C=C\C/C=C\C/C=C\CCCCCCCCCCCC(=O)OCC(COC(=O)CCC/C=C\CCCCCC)OC(=O)CCCCC/C=C\CCCCCCCC. The molecule has 0 aromatic heterocycles. The van der Waals surface area contributed by atoms with Crippen molar-refractivity contribution in [2.45, 2.75) is 245 Å². The van der Waals surface area contributed by atoms with Crippen LogP contribution in [0, 0.1) is 0 Å². The fourth-order valence-corrected chi connectivity index (χ4v) is 6.75. The van der Waals surface area contributed by atoms with Crippen molar-refractivity contribution in [3.8, 4) is 0 Å². The molecule has 1 unspecified atom stereocenters. The number of hydrogen-bond donors (Lipinski definition) is 0. The Morgan fingerprint density at radius 1 is 0.356 bits per heavy atom. The maximum Gasteiger partial charge on any atom is 0.306 e. The topological polar surface area (TPSA) is 78.9 Å². The van der Waals surface area contributed by atoms with Crippen LogP contribution >= 0.6 is 0 Å². The molecule has 0 fully saturated rings. The van der Waals surface area contributed by atoms with E-state index in [1.807, 2.05) is 0 Å².